The first-order valence-electron chi connectivity index (χ1n) is 18.0. The minimum atomic E-state index is -0.379. The van der Waals surface area contributed by atoms with Gasteiger partial charge < -0.3 is 30.2 Å². The number of ether oxygens (including phenoxy) is 2. The van der Waals surface area contributed by atoms with Gasteiger partial charge in [-0.05, 0) is 108 Å². The van der Waals surface area contributed by atoms with Crippen LogP contribution in [0.3, 0.4) is 0 Å². The third kappa shape index (κ3) is 3.77. The normalized spacial score (nSPS) is 35.9. The van der Waals surface area contributed by atoms with Crippen LogP contribution in [0.15, 0.2) is 41.6 Å². The standard InChI is InChI=1S/C39H48N4O4/c1-4-42-18-37-20-43(21-39(37)38(37,19-42)22-47-39)36(41-45)32-16-27-15-26-14-25(35(40)44)10-12-29(26)33(24-8-6-5-7-9-24)34(27)30-13-11-28(46-3)17-31(30)23(32)2/h10-14,17,23-24,27,32,45H,4-9,15-16,18-22H2,1-3H3,(H2,40,44)/t23?,27-,32?,37?,38?,39?/m0/s1. The minimum absolute atomic E-state index is 0.00490. The molecule has 6 atom stereocenters. The van der Waals surface area contributed by atoms with Gasteiger partial charge in [-0.2, -0.15) is 0 Å². The van der Waals surface area contributed by atoms with Crippen molar-refractivity contribution in [1.82, 2.24) is 9.80 Å². The zero-order chi connectivity index (χ0) is 32.3. The molecule has 47 heavy (non-hydrogen) atoms. The van der Waals surface area contributed by atoms with Crippen LogP contribution in [0.2, 0.25) is 0 Å². The van der Waals surface area contributed by atoms with Gasteiger partial charge in [-0.15, -0.1) is 0 Å². The van der Waals surface area contributed by atoms with Gasteiger partial charge in [0.05, 0.1) is 13.7 Å². The summed E-state index contributed by atoms with van der Waals surface area (Å²) in [5, 5.41) is 15.1. The number of primary amides is 1. The summed E-state index contributed by atoms with van der Waals surface area (Å²) in [7, 11) is 1.74. The number of carbonyl (C=O) groups is 1. The van der Waals surface area contributed by atoms with E-state index in [-0.39, 0.29) is 40.1 Å². The maximum Gasteiger partial charge on any atom is 0.248 e. The molecule has 0 bridgehead atoms. The minimum Gasteiger partial charge on any atom is -0.497 e. The number of carbonyl (C=O) groups excluding carboxylic acids is 1. The monoisotopic (exact) mass is 636 g/mol. The lowest BCUT2D eigenvalue weighted by Crippen LogP contribution is -2.52. The van der Waals surface area contributed by atoms with Gasteiger partial charge in [-0.1, -0.05) is 50.4 Å². The van der Waals surface area contributed by atoms with E-state index < -0.39 is 0 Å². The highest BCUT2D eigenvalue weighted by molar-refractivity contribution is 5.99. The molecule has 3 saturated heterocycles. The fraction of sp³-hybridized carbons (Fsp3) is 0.590. The van der Waals surface area contributed by atoms with Crippen molar-refractivity contribution in [2.75, 3.05) is 46.4 Å². The molecule has 3 heterocycles. The van der Waals surface area contributed by atoms with E-state index in [4.69, 9.17) is 15.2 Å². The number of amidine groups is 1. The number of nitrogens with zero attached hydrogens (tertiary/aromatic N) is 3. The quantitative estimate of drug-likeness (QED) is 0.187. The molecule has 3 N–H and O–H groups in total. The Morgan fingerprint density at radius 3 is 2.49 bits per heavy atom. The van der Waals surface area contributed by atoms with E-state index >= 15 is 0 Å². The maximum absolute atomic E-state index is 12.3. The predicted molar refractivity (Wildman–Crippen MR) is 182 cm³/mol. The Morgan fingerprint density at radius 1 is 1.02 bits per heavy atom. The van der Waals surface area contributed by atoms with Gasteiger partial charge in [0.1, 0.15) is 17.2 Å². The van der Waals surface area contributed by atoms with Crippen LogP contribution in [0.1, 0.15) is 90.9 Å². The third-order valence-corrected chi connectivity index (χ3v) is 14.1. The summed E-state index contributed by atoms with van der Waals surface area (Å²) >= 11 is 0. The average molecular weight is 637 g/mol. The molecule has 8 nitrogen and oxygen atoms in total. The molecule has 5 unspecified atom stereocenters. The van der Waals surface area contributed by atoms with Crippen LogP contribution in [0, 0.1) is 28.6 Å². The molecule has 0 aromatic heterocycles. The Morgan fingerprint density at radius 2 is 1.79 bits per heavy atom. The number of allylic oxidation sites excluding steroid dienone is 2. The largest absolute Gasteiger partial charge is 0.497 e. The van der Waals surface area contributed by atoms with Crippen LogP contribution in [-0.4, -0.2) is 78.8 Å². The number of amides is 1. The van der Waals surface area contributed by atoms with Crippen molar-refractivity contribution >= 4 is 22.9 Å². The summed E-state index contributed by atoms with van der Waals surface area (Å²) < 4.78 is 12.3. The summed E-state index contributed by atoms with van der Waals surface area (Å²) in [6, 6.07) is 12.8. The molecular weight excluding hydrogens is 588 g/mol. The second-order valence-corrected chi connectivity index (χ2v) is 15.8. The Bertz CT molecular complexity index is 1730. The zero-order valence-electron chi connectivity index (χ0n) is 28.1. The number of piperidine rings is 2. The van der Waals surface area contributed by atoms with Gasteiger partial charge in [0.15, 0.2) is 0 Å². The Labute approximate surface area is 278 Å². The summed E-state index contributed by atoms with van der Waals surface area (Å²) in [6.45, 7) is 10.4. The van der Waals surface area contributed by atoms with E-state index in [1.165, 1.54) is 65.5 Å². The van der Waals surface area contributed by atoms with Crippen LogP contribution in [0.5, 0.6) is 5.75 Å². The van der Waals surface area contributed by atoms with Crippen molar-refractivity contribution in [3.05, 3.63) is 64.2 Å². The van der Waals surface area contributed by atoms with Crippen LogP contribution >= 0.6 is 0 Å². The molecule has 2 aromatic rings. The zero-order valence-corrected chi connectivity index (χ0v) is 28.1. The summed E-state index contributed by atoms with van der Waals surface area (Å²) in [4.78, 5) is 17.3. The highest BCUT2D eigenvalue weighted by Gasteiger charge is 2.98. The van der Waals surface area contributed by atoms with Crippen molar-refractivity contribution in [2.24, 2.45) is 39.5 Å². The van der Waals surface area contributed by atoms with E-state index in [2.05, 4.69) is 59.1 Å². The molecule has 0 radical (unpaired) electrons. The number of benzene rings is 2. The van der Waals surface area contributed by atoms with E-state index in [9.17, 15) is 10.0 Å². The van der Waals surface area contributed by atoms with Crippen LogP contribution in [-0.2, 0) is 11.2 Å². The first-order chi connectivity index (χ1) is 22.8. The number of hydrogen-bond donors (Lipinski definition) is 2. The first-order valence-corrected chi connectivity index (χ1v) is 18.0. The lowest BCUT2D eigenvalue weighted by Gasteiger charge is -2.41. The molecule has 3 aliphatic heterocycles. The molecule has 2 saturated carbocycles. The van der Waals surface area contributed by atoms with Gasteiger partial charge in [0.25, 0.3) is 0 Å². The van der Waals surface area contributed by atoms with Gasteiger partial charge in [-0.3, -0.25) is 4.79 Å². The molecule has 3 spiro atoms. The SMILES string of the molecule is CCN1CC23COC24CN(C(=NO)C2C[C@@H]5Cc6cc(C(N)=O)ccc6C(C6CCCCC6)=C5c5ccc(OC)cc5C2C)CC34C1. The van der Waals surface area contributed by atoms with Crippen molar-refractivity contribution in [3.8, 4) is 5.75 Å². The Hall–Kier alpha value is -3.36. The maximum atomic E-state index is 12.3. The molecule has 9 rings (SSSR count). The second kappa shape index (κ2) is 10.3. The summed E-state index contributed by atoms with van der Waals surface area (Å²) in [6.07, 6.45) is 7.85. The van der Waals surface area contributed by atoms with Crippen molar-refractivity contribution in [2.45, 2.75) is 70.3 Å². The number of fused-ring (bicyclic) bond motifs is 4. The summed E-state index contributed by atoms with van der Waals surface area (Å²) in [5.41, 5.74) is 14.7. The lowest BCUT2D eigenvalue weighted by atomic mass is 9.68. The lowest BCUT2D eigenvalue weighted by molar-refractivity contribution is -0.128. The smallest absolute Gasteiger partial charge is 0.248 e. The average Bonchev–Trinajstić information content (AvgIpc) is 3.45. The topological polar surface area (TPSA) is 101 Å². The Kier molecular flexibility index (Phi) is 6.53. The number of rotatable bonds is 5. The highest BCUT2D eigenvalue weighted by atomic mass is 16.6. The second-order valence-electron chi connectivity index (χ2n) is 15.8. The molecule has 2 aromatic carbocycles. The predicted octanol–water partition coefficient (Wildman–Crippen LogP) is 5.78. The van der Waals surface area contributed by atoms with Crippen LogP contribution in [0.25, 0.3) is 11.1 Å². The Balaban J connectivity index is 1.16. The number of methoxy groups -OCH3 is 1. The van der Waals surface area contributed by atoms with Crippen molar-refractivity contribution < 1.29 is 19.5 Å². The number of likely N-dealkylation sites (tertiary alicyclic amines) is 2. The summed E-state index contributed by atoms with van der Waals surface area (Å²) in [5.74, 6) is 2.09. The molecule has 8 heteroatoms. The van der Waals surface area contributed by atoms with Gasteiger partial charge in [-0.25, -0.2) is 0 Å². The van der Waals surface area contributed by atoms with Crippen LogP contribution in [0.4, 0.5) is 0 Å². The first kappa shape index (κ1) is 29.8. The van der Waals surface area contributed by atoms with Crippen molar-refractivity contribution in [3.63, 3.8) is 0 Å². The molecule has 5 fully saturated rings. The van der Waals surface area contributed by atoms with Gasteiger partial charge in [0.2, 0.25) is 5.91 Å². The highest BCUT2D eigenvalue weighted by Crippen LogP contribution is 2.85. The van der Waals surface area contributed by atoms with Gasteiger partial charge in [0, 0.05) is 48.5 Å². The molecule has 1 amide bonds. The third-order valence-electron chi connectivity index (χ3n) is 14.1. The fourth-order valence-corrected chi connectivity index (χ4v) is 11.8. The van der Waals surface area contributed by atoms with E-state index in [0.29, 0.717) is 11.5 Å². The van der Waals surface area contributed by atoms with Crippen LogP contribution < -0.4 is 10.5 Å². The molecule has 7 aliphatic rings. The number of oxime groups is 1. The fourth-order valence-electron chi connectivity index (χ4n) is 11.8. The molecular formula is C39H48N4O4. The van der Waals surface area contributed by atoms with Gasteiger partial charge >= 0.3 is 0 Å². The van der Waals surface area contributed by atoms with E-state index in [1.54, 1.807) is 7.11 Å². The number of nitrogens with two attached hydrogens (primary N) is 1. The number of hydrogen-bond acceptors (Lipinski definition) is 6. The molecule has 4 aliphatic carbocycles. The van der Waals surface area contributed by atoms with E-state index in [0.717, 1.165) is 63.8 Å². The molecule has 248 valence electrons. The van der Waals surface area contributed by atoms with E-state index in [1.807, 2.05) is 6.07 Å². The van der Waals surface area contributed by atoms with Crippen molar-refractivity contribution in [1.29, 1.82) is 0 Å².